The van der Waals surface area contributed by atoms with Gasteiger partial charge in [0, 0.05) is 26.1 Å². The summed E-state index contributed by atoms with van der Waals surface area (Å²) in [6.07, 6.45) is 0. The van der Waals surface area contributed by atoms with Crippen molar-refractivity contribution in [1.29, 1.82) is 0 Å². The van der Waals surface area contributed by atoms with Crippen molar-refractivity contribution in [3.63, 3.8) is 0 Å². The highest BCUT2D eigenvalue weighted by molar-refractivity contribution is 5.98. The monoisotopic (exact) mass is 352 g/mol. The zero-order valence-corrected chi connectivity index (χ0v) is 14.7. The number of hydrogen-bond acceptors (Lipinski definition) is 5. The number of rotatable bonds is 5. The first kappa shape index (κ1) is 16.5. The number of carboxylic acids is 1. The number of carboxylic acid groups (broad SMARTS) is 1. The second-order valence-corrected chi connectivity index (χ2v) is 6.59. The molecule has 0 bridgehead atoms. The second kappa shape index (κ2) is 6.42. The quantitative estimate of drug-likeness (QED) is 0.760. The Morgan fingerprint density at radius 1 is 1.31 bits per heavy atom. The molecule has 2 aromatic heterocycles. The number of nitrogens with zero attached hydrogens (tertiary/aromatic N) is 4. The normalized spacial score (nSPS) is 14.6. The molecule has 7 nitrogen and oxygen atoms in total. The minimum Gasteiger partial charge on any atom is -0.477 e. The maximum absolute atomic E-state index is 11.6. The average Bonchev–Trinajstić information content (AvgIpc) is 2.95. The Morgan fingerprint density at radius 2 is 2.04 bits per heavy atom. The van der Waals surface area contributed by atoms with Crippen molar-refractivity contribution in [1.82, 2.24) is 14.8 Å². The van der Waals surface area contributed by atoms with E-state index in [-0.39, 0.29) is 5.69 Å². The van der Waals surface area contributed by atoms with Gasteiger partial charge in [0.05, 0.1) is 29.1 Å². The number of para-hydroxylation sites is 1. The Morgan fingerprint density at radius 3 is 2.69 bits per heavy atom. The molecule has 26 heavy (non-hydrogen) atoms. The summed E-state index contributed by atoms with van der Waals surface area (Å²) >= 11 is 0. The van der Waals surface area contributed by atoms with Crippen molar-refractivity contribution in [3.8, 4) is 5.69 Å². The number of aromatic nitrogens is 3. The van der Waals surface area contributed by atoms with Crippen LogP contribution in [0.15, 0.2) is 36.4 Å². The molecule has 0 radical (unpaired) electrons. The summed E-state index contributed by atoms with van der Waals surface area (Å²) in [7, 11) is 1.70. The first-order valence-corrected chi connectivity index (χ1v) is 8.51. The van der Waals surface area contributed by atoms with Crippen LogP contribution in [0.2, 0.25) is 0 Å². The van der Waals surface area contributed by atoms with Gasteiger partial charge in [0.1, 0.15) is 0 Å². The van der Waals surface area contributed by atoms with Crippen molar-refractivity contribution >= 4 is 22.7 Å². The molecule has 1 N–H and O–H groups in total. The molecule has 0 saturated carbocycles. The Balaban J connectivity index is 1.86. The molecule has 134 valence electrons. The largest absolute Gasteiger partial charge is 0.477 e. The van der Waals surface area contributed by atoms with Gasteiger partial charge in [-0.2, -0.15) is 5.10 Å². The van der Waals surface area contributed by atoms with Crippen LogP contribution in [0.4, 0.5) is 5.69 Å². The number of ether oxygens (including phenoxy) is 1. The fourth-order valence-electron chi connectivity index (χ4n) is 3.48. The number of fused-ring (bicyclic) bond motifs is 1. The highest BCUT2D eigenvalue weighted by atomic mass is 16.5. The Bertz CT molecular complexity index is 962. The Hall–Kier alpha value is -2.93. The van der Waals surface area contributed by atoms with E-state index in [9.17, 15) is 9.90 Å². The summed E-state index contributed by atoms with van der Waals surface area (Å²) in [4.78, 5) is 18.2. The summed E-state index contributed by atoms with van der Waals surface area (Å²) < 4.78 is 6.93. The fourth-order valence-corrected chi connectivity index (χ4v) is 3.48. The van der Waals surface area contributed by atoms with E-state index in [0.29, 0.717) is 18.2 Å². The summed E-state index contributed by atoms with van der Waals surface area (Å²) in [5, 5.41) is 15.0. The molecule has 0 unspecified atom stereocenters. The number of pyridine rings is 1. The molecule has 1 saturated heterocycles. The Kier molecular flexibility index (Phi) is 4.08. The molecule has 0 spiro atoms. The molecule has 1 aromatic carbocycles. The third kappa shape index (κ3) is 2.70. The number of hydrogen-bond donors (Lipinski definition) is 1. The average molecular weight is 352 g/mol. The Labute approximate surface area is 150 Å². The predicted molar refractivity (Wildman–Crippen MR) is 98.1 cm³/mol. The lowest BCUT2D eigenvalue weighted by atomic mass is 9.99. The van der Waals surface area contributed by atoms with E-state index in [0.717, 1.165) is 35.5 Å². The fraction of sp³-hybridized carbons (Fsp3) is 0.316. The van der Waals surface area contributed by atoms with Crippen molar-refractivity contribution in [2.45, 2.75) is 6.92 Å². The number of anilines is 1. The molecule has 1 aliphatic heterocycles. The van der Waals surface area contributed by atoms with Crippen LogP contribution in [0.3, 0.4) is 0 Å². The number of aryl methyl sites for hydroxylation is 1. The van der Waals surface area contributed by atoms with Gasteiger partial charge in [-0.1, -0.05) is 18.2 Å². The highest BCUT2D eigenvalue weighted by Crippen LogP contribution is 2.34. The maximum Gasteiger partial charge on any atom is 0.354 e. The van der Waals surface area contributed by atoms with Gasteiger partial charge in [-0.3, -0.25) is 0 Å². The lowest BCUT2D eigenvalue weighted by molar-refractivity contribution is 0.0691. The van der Waals surface area contributed by atoms with E-state index in [1.807, 2.05) is 37.3 Å². The first-order chi connectivity index (χ1) is 12.6. The molecule has 1 fully saturated rings. The van der Waals surface area contributed by atoms with Gasteiger partial charge in [0.15, 0.2) is 11.3 Å². The molecule has 1 aliphatic rings. The topological polar surface area (TPSA) is 80.5 Å². The number of aromatic carboxylic acids is 1. The number of methoxy groups -OCH3 is 1. The van der Waals surface area contributed by atoms with Crippen molar-refractivity contribution in [3.05, 3.63) is 47.8 Å². The number of carbonyl (C=O) groups is 1. The molecule has 3 aromatic rings. The van der Waals surface area contributed by atoms with Gasteiger partial charge in [-0.05, 0) is 25.1 Å². The highest BCUT2D eigenvalue weighted by Gasteiger charge is 2.30. The van der Waals surface area contributed by atoms with Crippen LogP contribution in [0.5, 0.6) is 0 Å². The van der Waals surface area contributed by atoms with Crippen molar-refractivity contribution in [2.75, 3.05) is 31.7 Å². The van der Waals surface area contributed by atoms with E-state index in [1.165, 1.54) is 0 Å². The maximum atomic E-state index is 11.6. The van der Waals surface area contributed by atoms with Crippen molar-refractivity contribution < 1.29 is 14.6 Å². The molecular weight excluding hydrogens is 332 g/mol. The van der Waals surface area contributed by atoms with Gasteiger partial charge >= 0.3 is 5.97 Å². The molecular formula is C19H20N4O3. The van der Waals surface area contributed by atoms with Gasteiger partial charge in [0.25, 0.3) is 0 Å². The predicted octanol–water partition coefficient (Wildman–Crippen LogP) is 2.51. The van der Waals surface area contributed by atoms with Crippen LogP contribution in [0, 0.1) is 12.8 Å². The van der Waals surface area contributed by atoms with E-state index in [1.54, 1.807) is 17.9 Å². The van der Waals surface area contributed by atoms with Crippen LogP contribution < -0.4 is 4.90 Å². The van der Waals surface area contributed by atoms with Gasteiger partial charge in [-0.15, -0.1) is 0 Å². The third-order valence-electron chi connectivity index (χ3n) is 4.71. The lowest BCUT2D eigenvalue weighted by Crippen LogP contribution is -2.48. The zero-order chi connectivity index (χ0) is 18.3. The molecule has 0 aliphatic carbocycles. The van der Waals surface area contributed by atoms with Crippen LogP contribution in [-0.2, 0) is 4.74 Å². The van der Waals surface area contributed by atoms with E-state index >= 15 is 0 Å². The summed E-state index contributed by atoms with van der Waals surface area (Å²) in [6.45, 7) is 4.31. The van der Waals surface area contributed by atoms with Crippen LogP contribution >= 0.6 is 0 Å². The minimum atomic E-state index is -1.04. The van der Waals surface area contributed by atoms with Crippen LogP contribution in [0.1, 0.15) is 16.2 Å². The first-order valence-electron chi connectivity index (χ1n) is 8.51. The second-order valence-electron chi connectivity index (χ2n) is 6.59. The summed E-state index contributed by atoms with van der Waals surface area (Å²) in [6, 6.07) is 11.3. The third-order valence-corrected chi connectivity index (χ3v) is 4.71. The van der Waals surface area contributed by atoms with Gasteiger partial charge < -0.3 is 14.7 Å². The standard InChI is InChI=1S/C19H20N4O3/c1-12-17-16(22-9-13(10-22)11-26-2)8-15(19(24)25)20-18(17)23(21-12)14-6-4-3-5-7-14/h3-8,13H,9-11H2,1-2H3,(H,24,25). The van der Waals surface area contributed by atoms with E-state index in [2.05, 4.69) is 15.0 Å². The van der Waals surface area contributed by atoms with Gasteiger partial charge in [0.2, 0.25) is 0 Å². The lowest BCUT2D eigenvalue weighted by Gasteiger charge is -2.41. The SMILES string of the molecule is COCC1CN(c2cc(C(=O)O)nc3c2c(C)nn3-c2ccccc2)C1. The summed E-state index contributed by atoms with van der Waals surface area (Å²) in [5.74, 6) is -0.582. The molecule has 0 atom stereocenters. The van der Waals surface area contributed by atoms with E-state index < -0.39 is 5.97 Å². The smallest absolute Gasteiger partial charge is 0.354 e. The zero-order valence-electron chi connectivity index (χ0n) is 14.7. The minimum absolute atomic E-state index is 0.0276. The van der Waals surface area contributed by atoms with Crippen LogP contribution in [-0.4, -0.2) is 52.6 Å². The van der Waals surface area contributed by atoms with Crippen molar-refractivity contribution in [2.24, 2.45) is 5.92 Å². The van der Waals surface area contributed by atoms with Crippen LogP contribution in [0.25, 0.3) is 16.7 Å². The summed E-state index contributed by atoms with van der Waals surface area (Å²) in [5.41, 5.74) is 3.16. The van der Waals surface area contributed by atoms with Gasteiger partial charge in [-0.25, -0.2) is 14.5 Å². The molecule has 3 heterocycles. The molecule has 7 heteroatoms. The van der Waals surface area contributed by atoms with E-state index in [4.69, 9.17) is 4.74 Å². The molecule has 4 rings (SSSR count). The number of benzene rings is 1. The molecule has 0 amide bonds.